The van der Waals surface area contributed by atoms with E-state index in [-0.39, 0.29) is 11.4 Å². The van der Waals surface area contributed by atoms with Gasteiger partial charge in [0.1, 0.15) is 0 Å². The molecule has 3 aliphatic rings. The zero-order valence-corrected chi connectivity index (χ0v) is 12.4. The minimum atomic E-state index is 0.0169. The van der Waals surface area contributed by atoms with Gasteiger partial charge in [-0.2, -0.15) is 5.10 Å². The number of hydrogen-bond donors (Lipinski definition) is 0. The maximum Gasteiger partial charge on any atom is 0.240 e. The molecule has 0 radical (unpaired) electrons. The van der Waals surface area contributed by atoms with E-state index in [2.05, 4.69) is 23.8 Å². The summed E-state index contributed by atoms with van der Waals surface area (Å²) in [6.45, 7) is 9.56. The molecule has 1 saturated heterocycles. The van der Waals surface area contributed by atoms with Gasteiger partial charge in [0.05, 0.1) is 5.54 Å². The topological polar surface area (TPSA) is 35.9 Å². The number of carbonyl (C=O) groups excluding carboxylic acids is 1. The Kier molecular flexibility index (Phi) is 3.16. The smallest absolute Gasteiger partial charge is 0.240 e. The molecule has 4 heteroatoms. The molecule has 1 saturated carbocycles. The summed E-state index contributed by atoms with van der Waals surface area (Å²) in [7, 11) is 0. The lowest BCUT2D eigenvalue weighted by Gasteiger charge is -2.37. The van der Waals surface area contributed by atoms with Crippen LogP contribution in [0.1, 0.15) is 46.5 Å². The first-order valence-corrected chi connectivity index (χ1v) is 7.64. The van der Waals surface area contributed by atoms with E-state index in [1.165, 1.54) is 25.9 Å². The zero-order valence-electron chi connectivity index (χ0n) is 12.4. The van der Waals surface area contributed by atoms with Crippen LogP contribution in [0.15, 0.2) is 5.10 Å². The van der Waals surface area contributed by atoms with Crippen LogP contribution in [0.5, 0.6) is 0 Å². The predicted molar refractivity (Wildman–Crippen MR) is 75.9 cm³/mol. The van der Waals surface area contributed by atoms with Crippen molar-refractivity contribution < 1.29 is 4.79 Å². The van der Waals surface area contributed by atoms with Gasteiger partial charge in [0.2, 0.25) is 5.91 Å². The van der Waals surface area contributed by atoms with E-state index in [1.54, 1.807) is 6.92 Å². The summed E-state index contributed by atoms with van der Waals surface area (Å²) < 4.78 is 0. The zero-order chi connectivity index (χ0) is 13.6. The van der Waals surface area contributed by atoms with Gasteiger partial charge >= 0.3 is 0 Å². The van der Waals surface area contributed by atoms with Crippen molar-refractivity contribution in [2.75, 3.05) is 19.6 Å². The molecule has 19 heavy (non-hydrogen) atoms. The van der Waals surface area contributed by atoms with Crippen molar-refractivity contribution in [3.8, 4) is 0 Å². The molecule has 1 amide bonds. The highest BCUT2D eigenvalue weighted by Crippen LogP contribution is 2.52. The predicted octanol–water partition coefficient (Wildman–Crippen LogP) is 2.11. The summed E-state index contributed by atoms with van der Waals surface area (Å²) >= 11 is 0. The highest BCUT2D eigenvalue weighted by atomic mass is 16.2. The Hall–Kier alpha value is -0.900. The molecule has 0 aromatic heterocycles. The molecule has 1 aliphatic carbocycles. The van der Waals surface area contributed by atoms with Crippen LogP contribution in [0, 0.1) is 11.8 Å². The van der Waals surface area contributed by atoms with Crippen LogP contribution >= 0.6 is 0 Å². The maximum absolute atomic E-state index is 12.0. The Morgan fingerprint density at radius 1 is 1.47 bits per heavy atom. The first kappa shape index (κ1) is 13.1. The fourth-order valence-electron chi connectivity index (χ4n) is 4.67. The van der Waals surface area contributed by atoms with E-state index in [9.17, 15) is 4.79 Å². The highest BCUT2D eigenvalue weighted by Gasteiger charge is 2.58. The van der Waals surface area contributed by atoms with Crippen LogP contribution in [0.25, 0.3) is 0 Å². The number of carbonyl (C=O) groups is 1. The SMILES string of the molecule is CCCN1C[C@@H]2CC[C@]3(CC(C)=NN3C(C)=O)[C@H]2C1. The average molecular weight is 263 g/mol. The molecule has 0 aromatic carbocycles. The summed E-state index contributed by atoms with van der Waals surface area (Å²) in [4.78, 5) is 14.5. The number of likely N-dealkylation sites (tertiary alicyclic amines) is 1. The molecule has 1 spiro atoms. The lowest BCUT2D eigenvalue weighted by atomic mass is 9.81. The Morgan fingerprint density at radius 3 is 2.95 bits per heavy atom. The number of rotatable bonds is 2. The average Bonchev–Trinajstić information content (AvgIpc) is 2.97. The molecular weight excluding hydrogens is 238 g/mol. The molecule has 106 valence electrons. The Morgan fingerprint density at radius 2 is 2.26 bits per heavy atom. The van der Waals surface area contributed by atoms with Crippen molar-refractivity contribution in [2.45, 2.75) is 52.0 Å². The quantitative estimate of drug-likeness (QED) is 0.765. The molecule has 2 heterocycles. The summed E-state index contributed by atoms with van der Waals surface area (Å²) in [5.74, 6) is 1.52. The van der Waals surface area contributed by atoms with Gasteiger partial charge in [0, 0.05) is 38.1 Å². The minimum Gasteiger partial charge on any atom is -0.303 e. The third-order valence-electron chi connectivity index (χ3n) is 5.25. The van der Waals surface area contributed by atoms with Gasteiger partial charge in [-0.05, 0) is 38.6 Å². The van der Waals surface area contributed by atoms with E-state index < -0.39 is 0 Å². The van der Waals surface area contributed by atoms with Crippen molar-refractivity contribution in [1.82, 2.24) is 9.91 Å². The summed E-state index contributed by atoms with van der Waals surface area (Å²) in [6.07, 6.45) is 4.62. The lowest BCUT2D eigenvalue weighted by molar-refractivity contribution is -0.135. The monoisotopic (exact) mass is 263 g/mol. The Labute approximate surface area is 115 Å². The largest absolute Gasteiger partial charge is 0.303 e. The summed E-state index contributed by atoms with van der Waals surface area (Å²) in [5, 5.41) is 6.37. The highest BCUT2D eigenvalue weighted by molar-refractivity contribution is 5.88. The van der Waals surface area contributed by atoms with E-state index in [0.717, 1.165) is 31.0 Å². The minimum absolute atomic E-state index is 0.0169. The van der Waals surface area contributed by atoms with Gasteiger partial charge in [0.15, 0.2) is 0 Å². The van der Waals surface area contributed by atoms with E-state index in [0.29, 0.717) is 5.92 Å². The molecule has 4 nitrogen and oxygen atoms in total. The third-order valence-corrected chi connectivity index (χ3v) is 5.25. The summed E-state index contributed by atoms with van der Waals surface area (Å²) in [5.41, 5.74) is 1.15. The van der Waals surface area contributed by atoms with Crippen LogP contribution in [0.3, 0.4) is 0 Å². The van der Waals surface area contributed by atoms with Crippen LogP contribution in [0.4, 0.5) is 0 Å². The molecule has 3 rings (SSSR count). The number of hydrogen-bond acceptors (Lipinski definition) is 3. The fourth-order valence-corrected chi connectivity index (χ4v) is 4.67. The standard InChI is InChI=1S/C15H25N3O/c1-4-7-17-9-13-5-6-15(14(13)10-17)8-11(2)16-18(15)12(3)19/h13-14H,4-10H2,1-3H3/t13-,14-,15-/m0/s1. The Balaban J connectivity index is 1.84. The number of fused-ring (bicyclic) bond motifs is 2. The van der Waals surface area contributed by atoms with E-state index >= 15 is 0 Å². The van der Waals surface area contributed by atoms with Crippen molar-refractivity contribution in [3.63, 3.8) is 0 Å². The van der Waals surface area contributed by atoms with Crippen molar-refractivity contribution in [1.29, 1.82) is 0 Å². The first-order valence-electron chi connectivity index (χ1n) is 7.64. The molecule has 0 N–H and O–H groups in total. The van der Waals surface area contributed by atoms with Crippen LogP contribution < -0.4 is 0 Å². The van der Waals surface area contributed by atoms with Crippen LogP contribution in [-0.4, -0.2) is 46.7 Å². The number of hydrazone groups is 1. The molecule has 0 bridgehead atoms. The van der Waals surface area contributed by atoms with E-state index in [4.69, 9.17) is 0 Å². The molecule has 0 unspecified atom stereocenters. The Bertz CT molecular complexity index is 420. The molecule has 0 aromatic rings. The normalized spacial score (nSPS) is 38.1. The van der Waals surface area contributed by atoms with Gasteiger partial charge in [-0.25, -0.2) is 5.01 Å². The maximum atomic E-state index is 12.0. The number of nitrogens with zero attached hydrogens (tertiary/aromatic N) is 3. The van der Waals surface area contributed by atoms with Gasteiger partial charge in [-0.15, -0.1) is 0 Å². The lowest BCUT2D eigenvalue weighted by Crippen LogP contribution is -2.50. The van der Waals surface area contributed by atoms with Crippen LogP contribution in [-0.2, 0) is 4.79 Å². The van der Waals surface area contributed by atoms with Gasteiger partial charge in [-0.1, -0.05) is 6.92 Å². The van der Waals surface area contributed by atoms with Gasteiger partial charge in [0.25, 0.3) is 0 Å². The van der Waals surface area contributed by atoms with Crippen molar-refractivity contribution in [3.05, 3.63) is 0 Å². The van der Waals surface area contributed by atoms with Gasteiger partial charge < -0.3 is 4.90 Å². The van der Waals surface area contributed by atoms with Crippen molar-refractivity contribution >= 4 is 11.6 Å². The second-order valence-electron chi connectivity index (χ2n) is 6.61. The summed E-state index contributed by atoms with van der Waals surface area (Å²) in [6, 6.07) is 0. The number of amides is 1. The van der Waals surface area contributed by atoms with Crippen molar-refractivity contribution in [2.24, 2.45) is 16.9 Å². The molecular formula is C15H25N3O. The van der Waals surface area contributed by atoms with E-state index in [1.807, 2.05) is 5.01 Å². The molecule has 2 aliphatic heterocycles. The fraction of sp³-hybridized carbons (Fsp3) is 0.867. The second kappa shape index (κ2) is 4.58. The van der Waals surface area contributed by atoms with Gasteiger partial charge in [-0.3, -0.25) is 4.79 Å². The third kappa shape index (κ3) is 1.92. The van der Waals surface area contributed by atoms with Crippen LogP contribution in [0.2, 0.25) is 0 Å². The molecule has 2 fully saturated rings. The molecule has 3 atom stereocenters. The second-order valence-corrected chi connectivity index (χ2v) is 6.61. The first-order chi connectivity index (χ1) is 9.06.